The van der Waals surface area contributed by atoms with Gasteiger partial charge in [-0.2, -0.15) is 0 Å². The minimum Gasteiger partial charge on any atom is -0.444 e. The lowest BCUT2D eigenvalue weighted by atomic mass is 9.85. The van der Waals surface area contributed by atoms with E-state index in [-0.39, 0.29) is 6.09 Å². The summed E-state index contributed by atoms with van der Waals surface area (Å²) in [6, 6.07) is 8.15. The number of hydrogen-bond donors (Lipinski definition) is 1. The number of nitrogens with zero attached hydrogens (tertiary/aromatic N) is 6. The fourth-order valence-electron chi connectivity index (χ4n) is 4.86. The number of ether oxygens (including phenoxy) is 1. The molecule has 1 fully saturated rings. The fraction of sp³-hybridized carbons (Fsp3) is 0.379. The van der Waals surface area contributed by atoms with Crippen LogP contribution in [-0.2, 0) is 17.8 Å². The van der Waals surface area contributed by atoms with Crippen LogP contribution in [0.4, 0.5) is 4.79 Å². The Labute approximate surface area is 221 Å². The van der Waals surface area contributed by atoms with Crippen molar-refractivity contribution in [1.82, 2.24) is 33.8 Å². The first kappa shape index (κ1) is 24.2. The predicted octanol–water partition coefficient (Wildman–Crippen LogP) is 5.66. The van der Waals surface area contributed by atoms with Gasteiger partial charge in [-0.1, -0.05) is 12.5 Å². The van der Waals surface area contributed by atoms with Crippen LogP contribution < -0.4 is 0 Å². The van der Waals surface area contributed by atoms with E-state index in [9.17, 15) is 4.79 Å². The van der Waals surface area contributed by atoms with Crippen molar-refractivity contribution in [2.45, 2.75) is 58.7 Å². The average molecular weight is 512 g/mol. The van der Waals surface area contributed by atoms with Gasteiger partial charge in [-0.25, -0.2) is 19.7 Å². The quantitative estimate of drug-likeness (QED) is 0.304. The second-order valence-corrected chi connectivity index (χ2v) is 11.3. The number of H-pyrrole nitrogens is 1. The maximum atomic E-state index is 12.9. The predicted molar refractivity (Wildman–Crippen MR) is 146 cm³/mol. The molecular formula is C29H33N7O2. The highest BCUT2D eigenvalue weighted by molar-refractivity contribution is 5.80. The van der Waals surface area contributed by atoms with Crippen molar-refractivity contribution in [1.29, 1.82) is 0 Å². The van der Waals surface area contributed by atoms with Gasteiger partial charge in [0.1, 0.15) is 16.9 Å². The SMILES string of the molecule is CC(C)(C)OC(=O)N(Cc1ccc2nc(Cn3cnc(-c4cnc5[nH]ccc5c4)c3)cn2c1)CC1CCC1. The van der Waals surface area contributed by atoms with Gasteiger partial charge in [0.15, 0.2) is 0 Å². The van der Waals surface area contributed by atoms with Crippen LogP contribution in [0.3, 0.4) is 0 Å². The van der Waals surface area contributed by atoms with E-state index in [1.165, 1.54) is 19.3 Å². The number of aromatic nitrogens is 6. The summed E-state index contributed by atoms with van der Waals surface area (Å²) in [7, 11) is 0. The highest BCUT2D eigenvalue weighted by atomic mass is 16.6. The molecule has 1 saturated carbocycles. The molecule has 5 aromatic rings. The molecule has 0 spiro atoms. The van der Waals surface area contributed by atoms with Gasteiger partial charge in [-0.3, -0.25) is 0 Å². The molecule has 1 aliphatic rings. The molecule has 9 heteroatoms. The van der Waals surface area contributed by atoms with Gasteiger partial charge in [0.2, 0.25) is 0 Å². The van der Waals surface area contributed by atoms with E-state index >= 15 is 0 Å². The molecule has 9 nitrogen and oxygen atoms in total. The summed E-state index contributed by atoms with van der Waals surface area (Å²) in [4.78, 5) is 31.7. The van der Waals surface area contributed by atoms with Gasteiger partial charge in [0, 0.05) is 48.5 Å². The average Bonchev–Trinajstić information content (AvgIpc) is 3.58. The molecule has 1 N–H and O–H groups in total. The van der Waals surface area contributed by atoms with E-state index in [1.54, 1.807) is 0 Å². The highest BCUT2D eigenvalue weighted by Crippen LogP contribution is 2.28. The van der Waals surface area contributed by atoms with Crippen LogP contribution >= 0.6 is 0 Å². The number of imidazole rings is 2. The van der Waals surface area contributed by atoms with Gasteiger partial charge in [0.25, 0.3) is 0 Å². The number of pyridine rings is 2. The molecule has 0 aliphatic heterocycles. The Morgan fingerprint density at radius 1 is 1.16 bits per heavy atom. The number of hydrogen-bond acceptors (Lipinski definition) is 5. The zero-order valence-electron chi connectivity index (χ0n) is 22.1. The molecule has 6 rings (SSSR count). The number of fused-ring (bicyclic) bond motifs is 2. The van der Waals surface area contributed by atoms with E-state index in [0.717, 1.165) is 45.7 Å². The second kappa shape index (κ2) is 9.63. The summed E-state index contributed by atoms with van der Waals surface area (Å²) in [6.07, 6.45) is 15.0. The first-order chi connectivity index (χ1) is 18.3. The number of rotatable bonds is 7. The highest BCUT2D eigenvalue weighted by Gasteiger charge is 2.27. The number of carbonyl (C=O) groups excluding carboxylic acids is 1. The van der Waals surface area contributed by atoms with E-state index in [4.69, 9.17) is 9.72 Å². The molecule has 0 radical (unpaired) electrons. The molecule has 0 unspecified atom stereocenters. The molecule has 0 aromatic carbocycles. The molecule has 1 amide bonds. The molecule has 5 heterocycles. The van der Waals surface area contributed by atoms with E-state index in [2.05, 4.69) is 27.2 Å². The summed E-state index contributed by atoms with van der Waals surface area (Å²) in [5.41, 5.74) is 5.06. The summed E-state index contributed by atoms with van der Waals surface area (Å²) in [6.45, 7) is 7.58. The third-order valence-corrected chi connectivity index (χ3v) is 6.96. The molecule has 0 bridgehead atoms. The molecular weight excluding hydrogens is 478 g/mol. The van der Waals surface area contributed by atoms with Crippen molar-refractivity contribution in [3.05, 3.63) is 72.8 Å². The normalized spacial score (nSPS) is 14.2. The summed E-state index contributed by atoms with van der Waals surface area (Å²) >= 11 is 0. The maximum Gasteiger partial charge on any atom is 0.410 e. The van der Waals surface area contributed by atoms with Crippen molar-refractivity contribution < 1.29 is 9.53 Å². The first-order valence-electron chi connectivity index (χ1n) is 13.2. The van der Waals surface area contributed by atoms with Gasteiger partial charge in [-0.05, 0) is 63.3 Å². The third-order valence-electron chi connectivity index (χ3n) is 6.96. The Balaban J connectivity index is 1.17. The molecule has 1 aliphatic carbocycles. The van der Waals surface area contributed by atoms with Crippen LogP contribution in [0.25, 0.3) is 27.9 Å². The Morgan fingerprint density at radius 3 is 2.82 bits per heavy atom. The molecule has 196 valence electrons. The Morgan fingerprint density at radius 2 is 2.03 bits per heavy atom. The smallest absolute Gasteiger partial charge is 0.410 e. The molecule has 0 saturated heterocycles. The van der Waals surface area contributed by atoms with Crippen LogP contribution in [0.2, 0.25) is 0 Å². The van der Waals surface area contributed by atoms with Crippen LogP contribution in [0.5, 0.6) is 0 Å². The minimum atomic E-state index is -0.517. The number of carbonyl (C=O) groups is 1. The number of aromatic amines is 1. The summed E-state index contributed by atoms with van der Waals surface area (Å²) in [5, 5.41) is 1.06. The lowest BCUT2D eigenvalue weighted by Gasteiger charge is -2.33. The zero-order chi connectivity index (χ0) is 26.3. The molecule has 0 atom stereocenters. The first-order valence-corrected chi connectivity index (χ1v) is 13.2. The fourth-order valence-corrected chi connectivity index (χ4v) is 4.86. The van der Waals surface area contributed by atoms with E-state index in [1.807, 2.05) is 84.0 Å². The van der Waals surface area contributed by atoms with Gasteiger partial charge in [-0.15, -0.1) is 0 Å². The Bertz CT molecular complexity index is 1590. The van der Waals surface area contributed by atoms with Gasteiger partial charge in [0.05, 0.1) is 30.8 Å². The lowest BCUT2D eigenvalue weighted by molar-refractivity contribution is 0.0173. The van der Waals surface area contributed by atoms with Crippen molar-refractivity contribution in [3.63, 3.8) is 0 Å². The van der Waals surface area contributed by atoms with E-state index in [0.29, 0.717) is 19.0 Å². The van der Waals surface area contributed by atoms with Crippen LogP contribution in [0.1, 0.15) is 51.3 Å². The van der Waals surface area contributed by atoms with Gasteiger partial charge >= 0.3 is 6.09 Å². The van der Waals surface area contributed by atoms with E-state index < -0.39 is 5.60 Å². The second-order valence-electron chi connectivity index (χ2n) is 11.3. The Kier molecular flexibility index (Phi) is 6.13. The monoisotopic (exact) mass is 511 g/mol. The largest absolute Gasteiger partial charge is 0.444 e. The third kappa shape index (κ3) is 5.27. The van der Waals surface area contributed by atoms with Crippen molar-refractivity contribution in [2.75, 3.05) is 6.54 Å². The molecule has 5 aromatic heterocycles. The number of nitrogens with one attached hydrogen (secondary N) is 1. The van der Waals surface area contributed by atoms with Crippen molar-refractivity contribution >= 4 is 22.8 Å². The minimum absolute atomic E-state index is 0.252. The maximum absolute atomic E-state index is 12.9. The lowest BCUT2D eigenvalue weighted by Crippen LogP contribution is -2.40. The van der Waals surface area contributed by atoms with Crippen molar-refractivity contribution in [2.24, 2.45) is 5.92 Å². The van der Waals surface area contributed by atoms with Gasteiger partial charge < -0.3 is 23.6 Å². The van der Waals surface area contributed by atoms with Crippen LogP contribution in [0.15, 0.2) is 61.6 Å². The zero-order valence-corrected chi connectivity index (χ0v) is 22.1. The van der Waals surface area contributed by atoms with Crippen LogP contribution in [0, 0.1) is 5.92 Å². The summed E-state index contributed by atoms with van der Waals surface area (Å²) in [5.74, 6) is 0.562. The topological polar surface area (TPSA) is 93.3 Å². The number of amides is 1. The van der Waals surface area contributed by atoms with Crippen LogP contribution in [-0.4, -0.2) is 52.0 Å². The standard InChI is InChI=1S/C29H33N7O2/c1-29(2,3)38-28(37)36(13-20-5-4-6-20)15-21-7-8-26-33-24(17-35(26)14-21)16-34-18-25(32-19-34)23-11-22-9-10-30-27(22)31-12-23/h7-12,14,17-20H,4-6,13,15-16H2,1-3H3,(H,30,31). The summed E-state index contributed by atoms with van der Waals surface area (Å²) < 4.78 is 9.76. The van der Waals surface area contributed by atoms with Crippen molar-refractivity contribution in [3.8, 4) is 11.3 Å². The Hall–Kier alpha value is -4.14. The molecule has 38 heavy (non-hydrogen) atoms.